The van der Waals surface area contributed by atoms with E-state index >= 15 is 0 Å². The molecule has 0 spiro atoms. The third-order valence-electron chi connectivity index (χ3n) is 3.58. The minimum Gasteiger partial charge on any atom is -0.459 e. The molecule has 3 rings (SSSR count). The van der Waals surface area contributed by atoms with E-state index in [2.05, 4.69) is 10.6 Å². The summed E-state index contributed by atoms with van der Waals surface area (Å²) in [5.74, 6) is -0.468. The van der Waals surface area contributed by atoms with Crippen LogP contribution in [0.1, 0.15) is 26.5 Å². The van der Waals surface area contributed by atoms with E-state index in [4.69, 9.17) is 16.0 Å². The standard InChI is InChI=1S/C19H15ClN2O3/c1-12-7-8-13(18(23)21-15-5-2-4-14(20)11-15)10-16(12)22-19(24)17-6-3-9-25-17/h2-11H,1H3,(H,21,23)(H,22,24). The zero-order valence-electron chi connectivity index (χ0n) is 13.4. The minimum atomic E-state index is -0.375. The maximum absolute atomic E-state index is 12.4. The van der Waals surface area contributed by atoms with Crippen molar-refractivity contribution in [3.63, 3.8) is 0 Å². The number of aryl methyl sites for hydroxylation is 1. The smallest absolute Gasteiger partial charge is 0.291 e. The largest absolute Gasteiger partial charge is 0.459 e. The van der Waals surface area contributed by atoms with Crippen LogP contribution in [-0.4, -0.2) is 11.8 Å². The summed E-state index contributed by atoms with van der Waals surface area (Å²) in [5, 5.41) is 6.05. The van der Waals surface area contributed by atoms with Crippen LogP contribution in [0.4, 0.5) is 11.4 Å². The van der Waals surface area contributed by atoms with Gasteiger partial charge in [0.25, 0.3) is 11.8 Å². The summed E-state index contributed by atoms with van der Waals surface area (Å²) in [4.78, 5) is 24.5. The van der Waals surface area contributed by atoms with E-state index in [1.54, 1.807) is 54.6 Å². The fourth-order valence-corrected chi connectivity index (χ4v) is 2.45. The maximum atomic E-state index is 12.4. The molecule has 2 aromatic carbocycles. The van der Waals surface area contributed by atoms with Gasteiger partial charge in [-0.25, -0.2) is 0 Å². The molecule has 5 nitrogen and oxygen atoms in total. The lowest BCUT2D eigenvalue weighted by Gasteiger charge is -2.10. The molecule has 0 unspecified atom stereocenters. The van der Waals surface area contributed by atoms with Gasteiger partial charge in [-0.1, -0.05) is 23.7 Å². The van der Waals surface area contributed by atoms with Gasteiger partial charge in [0.2, 0.25) is 0 Å². The highest BCUT2D eigenvalue weighted by molar-refractivity contribution is 6.31. The molecular formula is C19H15ClN2O3. The number of halogens is 1. The summed E-state index contributed by atoms with van der Waals surface area (Å²) in [7, 11) is 0. The second kappa shape index (κ2) is 7.23. The van der Waals surface area contributed by atoms with E-state index in [-0.39, 0.29) is 17.6 Å². The number of furan rings is 1. The highest BCUT2D eigenvalue weighted by Crippen LogP contribution is 2.20. The minimum absolute atomic E-state index is 0.202. The number of hydrogen-bond acceptors (Lipinski definition) is 3. The summed E-state index contributed by atoms with van der Waals surface area (Å²) >= 11 is 5.92. The van der Waals surface area contributed by atoms with Crippen LogP contribution in [0.3, 0.4) is 0 Å². The summed E-state index contributed by atoms with van der Waals surface area (Å²) < 4.78 is 5.07. The van der Waals surface area contributed by atoms with Crippen molar-refractivity contribution >= 4 is 34.8 Å². The van der Waals surface area contributed by atoms with Gasteiger partial charge in [-0.15, -0.1) is 0 Å². The van der Waals surface area contributed by atoms with Crippen LogP contribution < -0.4 is 10.6 Å². The highest BCUT2D eigenvalue weighted by atomic mass is 35.5. The van der Waals surface area contributed by atoms with Gasteiger partial charge in [0.15, 0.2) is 5.76 Å². The molecule has 0 bridgehead atoms. The zero-order chi connectivity index (χ0) is 17.8. The summed E-state index contributed by atoms with van der Waals surface area (Å²) in [6, 6.07) is 15.2. The Bertz CT molecular complexity index is 920. The Labute approximate surface area is 149 Å². The monoisotopic (exact) mass is 354 g/mol. The second-order valence-corrected chi connectivity index (χ2v) is 5.86. The molecule has 2 amide bonds. The lowest BCUT2D eigenvalue weighted by molar-refractivity contribution is 0.0993. The van der Waals surface area contributed by atoms with Crippen LogP contribution in [-0.2, 0) is 0 Å². The number of amides is 2. The molecule has 126 valence electrons. The van der Waals surface area contributed by atoms with Gasteiger partial charge in [0, 0.05) is 22.0 Å². The Morgan fingerprint density at radius 1 is 0.960 bits per heavy atom. The lowest BCUT2D eigenvalue weighted by atomic mass is 10.1. The molecule has 1 heterocycles. The third kappa shape index (κ3) is 4.08. The molecular weight excluding hydrogens is 340 g/mol. The van der Waals surface area contributed by atoms with Gasteiger partial charge < -0.3 is 15.1 Å². The second-order valence-electron chi connectivity index (χ2n) is 5.43. The Morgan fingerprint density at radius 3 is 2.52 bits per heavy atom. The Balaban J connectivity index is 1.78. The molecule has 0 saturated heterocycles. The van der Waals surface area contributed by atoms with E-state index in [1.165, 1.54) is 6.26 Å². The molecule has 1 aromatic heterocycles. The summed E-state index contributed by atoms with van der Waals surface area (Å²) in [6.45, 7) is 1.84. The molecule has 2 N–H and O–H groups in total. The van der Waals surface area contributed by atoms with Crippen LogP contribution in [0, 0.1) is 6.92 Å². The van der Waals surface area contributed by atoms with Crippen LogP contribution in [0.25, 0.3) is 0 Å². The fourth-order valence-electron chi connectivity index (χ4n) is 2.26. The quantitative estimate of drug-likeness (QED) is 0.710. The van der Waals surface area contributed by atoms with Crippen molar-refractivity contribution in [1.82, 2.24) is 0 Å². The highest BCUT2D eigenvalue weighted by Gasteiger charge is 2.13. The molecule has 0 aliphatic heterocycles. The summed E-state index contributed by atoms with van der Waals surface area (Å²) in [5.41, 5.74) is 2.39. The van der Waals surface area contributed by atoms with Gasteiger partial charge in [-0.3, -0.25) is 9.59 Å². The number of nitrogens with one attached hydrogen (secondary N) is 2. The van der Waals surface area contributed by atoms with Crippen molar-refractivity contribution in [2.75, 3.05) is 10.6 Å². The Kier molecular flexibility index (Phi) is 4.86. The van der Waals surface area contributed by atoms with E-state index in [0.29, 0.717) is 22.0 Å². The van der Waals surface area contributed by atoms with Gasteiger partial charge in [-0.2, -0.15) is 0 Å². The Morgan fingerprint density at radius 2 is 1.80 bits per heavy atom. The maximum Gasteiger partial charge on any atom is 0.291 e. The molecule has 0 aliphatic carbocycles. The fraction of sp³-hybridized carbons (Fsp3) is 0.0526. The first-order valence-corrected chi connectivity index (χ1v) is 7.93. The van der Waals surface area contributed by atoms with E-state index < -0.39 is 0 Å². The Hall–Kier alpha value is -3.05. The normalized spacial score (nSPS) is 10.3. The average Bonchev–Trinajstić information content (AvgIpc) is 3.11. The number of anilines is 2. The predicted octanol–water partition coefficient (Wildman–Crippen LogP) is 4.75. The van der Waals surface area contributed by atoms with Crippen LogP contribution in [0.2, 0.25) is 5.02 Å². The molecule has 25 heavy (non-hydrogen) atoms. The zero-order valence-corrected chi connectivity index (χ0v) is 14.1. The first-order chi connectivity index (χ1) is 12.0. The van der Waals surface area contributed by atoms with Crippen LogP contribution >= 0.6 is 11.6 Å². The van der Waals surface area contributed by atoms with Crippen molar-refractivity contribution in [2.24, 2.45) is 0 Å². The van der Waals surface area contributed by atoms with Crippen molar-refractivity contribution < 1.29 is 14.0 Å². The van der Waals surface area contributed by atoms with E-state index in [1.807, 2.05) is 6.92 Å². The molecule has 0 saturated carbocycles. The molecule has 0 fully saturated rings. The molecule has 3 aromatic rings. The first-order valence-electron chi connectivity index (χ1n) is 7.55. The number of carbonyl (C=O) groups excluding carboxylic acids is 2. The van der Waals surface area contributed by atoms with Gasteiger partial charge in [0.1, 0.15) is 0 Å². The first kappa shape index (κ1) is 16.8. The van der Waals surface area contributed by atoms with Crippen molar-refractivity contribution in [2.45, 2.75) is 6.92 Å². The van der Waals surface area contributed by atoms with Crippen LogP contribution in [0.5, 0.6) is 0 Å². The van der Waals surface area contributed by atoms with Gasteiger partial charge in [-0.05, 0) is 55.0 Å². The van der Waals surface area contributed by atoms with Gasteiger partial charge >= 0.3 is 0 Å². The van der Waals surface area contributed by atoms with E-state index in [9.17, 15) is 9.59 Å². The lowest BCUT2D eigenvalue weighted by Crippen LogP contribution is -2.15. The predicted molar refractivity (Wildman–Crippen MR) is 97.2 cm³/mol. The van der Waals surface area contributed by atoms with Crippen molar-refractivity contribution in [1.29, 1.82) is 0 Å². The number of hydrogen-bond donors (Lipinski definition) is 2. The van der Waals surface area contributed by atoms with Crippen molar-refractivity contribution in [3.8, 4) is 0 Å². The number of benzene rings is 2. The molecule has 0 aliphatic rings. The van der Waals surface area contributed by atoms with Crippen LogP contribution in [0.15, 0.2) is 65.3 Å². The SMILES string of the molecule is Cc1ccc(C(=O)Nc2cccc(Cl)c2)cc1NC(=O)c1ccco1. The third-order valence-corrected chi connectivity index (χ3v) is 3.81. The van der Waals surface area contributed by atoms with E-state index in [0.717, 1.165) is 5.56 Å². The topological polar surface area (TPSA) is 71.3 Å². The molecule has 0 atom stereocenters. The average molecular weight is 355 g/mol. The number of rotatable bonds is 4. The van der Waals surface area contributed by atoms with Gasteiger partial charge in [0.05, 0.1) is 6.26 Å². The molecule has 0 radical (unpaired) electrons. The molecule has 6 heteroatoms. The summed E-state index contributed by atoms with van der Waals surface area (Å²) in [6.07, 6.45) is 1.43. The number of carbonyl (C=O) groups is 2. The van der Waals surface area contributed by atoms with Crippen molar-refractivity contribution in [3.05, 3.63) is 82.8 Å².